The molecule has 1 atom stereocenters. The van der Waals surface area contributed by atoms with Crippen LogP contribution in [0.3, 0.4) is 0 Å². The molecule has 0 aliphatic rings. The Morgan fingerprint density at radius 3 is 1.57 bits per heavy atom. The van der Waals surface area contributed by atoms with Crippen molar-refractivity contribution >= 4 is 18.0 Å². The lowest BCUT2D eigenvalue weighted by molar-refractivity contribution is 0.0503. The molecule has 0 aliphatic heterocycles. The van der Waals surface area contributed by atoms with Crippen molar-refractivity contribution in [1.82, 2.24) is 10.2 Å². The van der Waals surface area contributed by atoms with Crippen LogP contribution in [0.2, 0.25) is 0 Å². The number of aryl methyl sites for hydroxylation is 2. The molecule has 2 aromatic carbocycles. The van der Waals surface area contributed by atoms with Crippen LogP contribution in [0.25, 0.3) is 0 Å². The van der Waals surface area contributed by atoms with Crippen LogP contribution in [0.4, 0.5) is 4.79 Å². The van der Waals surface area contributed by atoms with E-state index in [0.717, 1.165) is 58.2 Å². The molecule has 0 spiro atoms. The minimum absolute atomic E-state index is 0.0263. The van der Waals surface area contributed by atoms with Gasteiger partial charge in [0.1, 0.15) is 5.60 Å². The van der Waals surface area contributed by atoms with Crippen LogP contribution < -0.4 is 5.32 Å². The van der Waals surface area contributed by atoms with Gasteiger partial charge in [0.05, 0.1) is 25.3 Å². The van der Waals surface area contributed by atoms with E-state index in [9.17, 15) is 14.4 Å². The van der Waals surface area contributed by atoms with Gasteiger partial charge in [-0.1, -0.05) is 24.3 Å². The van der Waals surface area contributed by atoms with Crippen LogP contribution in [-0.4, -0.2) is 68.4 Å². The smallest absolute Gasteiger partial charge is 0.407 e. The van der Waals surface area contributed by atoms with Gasteiger partial charge in [-0.15, -0.1) is 0 Å². The zero-order valence-corrected chi connectivity index (χ0v) is 25.0. The monoisotopic (exact) mass is 554 g/mol. The van der Waals surface area contributed by atoms with Crippen LogP contribution in [0.1, 0.15) is 85.2 Å². The lowest BCUT2D eigenvalue weighted by atomic mass is 10.1. The summed E-state index contributed by atoms with van der Waals surface area (Å²) in [5.41, 5.74) is 2.98. The van der Waals surface area contributed by atoms with E-state index >= 15 is 0 Å². The molecule has 8 heteroatoms. The summed E-state index contributed by atoms with van der Waals surface area (Å²) in [6, 6.07) is 15.2. The molecule has 2 rings (SSSR count). The van der Waals surface area contributed by atoms with E-state index in [1.54, 1.807) is 0 Å². The standard InChI is InChI=1S/C32H46N2O6/c1-24(33-31(37)40-32(2,3)4)10-7-21-34(22-8-11-25-13-17-27(18-14-25)29(35)38-5)23-9-12-26-15-19-28(20-16-26)30(36)39-6/h13-20,24H,7-12,21-23H2,1-6H3,(H,33,37). The zero-order chi connectivity index (χ0) is 29.5. The lowest BCUT2D eigenvalue weighted by Crippen LogP contribution is -2.38. The lowest BCUT2D eigenvalue weighted by Gasteiger charge is -2.24. The predicted octanol–water partition coefficient (Wildman–Crippen LogP) is 5.82. The third-order valence-electron chi connectivity index (χ3n) is 6.50. The van der Waals surface area contributed by atoms with E-state index in [1.807, 2.05) is 76.2 Å². The van der Waals surface area contributed by atoms with E-state index in [0.29, 0.717) is 11.1 Å². The number of benzene rings is 2. The summed E-state index contributed by atoms with van der Waals surface area (Å²) in [7, 11) is 2.77. The minimum atomic E-state index is -0.514. The number of hydrogen-bond acceptors (Lipinski definition) is 7. The molecule has 1 unspecified atom stereocenters. The maximum atomic E-state index is 12.1. The second-order valence-electron chi connectivity index (χ2n) is 11.1. The molecule has 0 aromatic heterocycles. The van der Waals surface area contributed by atoms with E-state index in [1.165, 1.54) is 25.3 Å². The third kappa shape index (κ3) is 12.6. The van der Waals surface area contributed by atoms with E-state index in [-0.39, 0.29) is 24.1 Å². The van der Waals surface area contributed by atoms with Gasteiger partial charge in [-0.05, 0) is 121 Å². The molecule has 40 heavy (non-hydrogen) atoms. The Hall–Kier alpha value is -3.39. The average Bonchev–Trinajstić information content (AvgIpc) is 2.91. The largest absolute Gasteiger partial charge is 0.465 e. The molecule has 0 bridgehead atoms. The first-order valence-electron chi connectivity index (χ1n) is 14.1. The highest BCUT2D eigenvalue weighted by molar-refractivity contribution is 5.89. The van der Waals surface area contributed by atoms with Gasteiger partial charge < -0.3 is 24.4 Å². The van der Waals surface area contributed by atoms with Crippen molar-refractivity contribution in [2.24, 2.45) is 0 Å². The molecule has 0 heterocycles. The number of nitrogens with one attached hydrogen (secondary N) is 1. The Labute approximate surface area is 239 Å². The fourth-order valence-corrected chi connectivity index (χ4v) is 4.40. The highest BCUT2D eigenvalue weighted by atomic mass is 16.6. The first kappa shape index (κ1) is 32.8. The molecule has 8 nitrogen and oxygen atoms in total. The highest BCUT2D eigenvalue weighted by Gasteiger charge is 2.18. The highest BCUT2D eigenvalue weighted by Crippen LogP contribution is 2.12. The Morgan fingerprint density at radius 1 is 0.750 bits per heavy atom. The van der Waals surface area contributed by atoms with Crippen LogP contribution >= 0.6 is 0 Å². The summed E-state index contributed by atoms with van der Waals surface area (Å²) in [4.78, 5) is 37.9. The van der Waals surface area contributed by atoms with Crippen molar-refractivity contribution in [2.45, 2.75) is 77.9 Å². The van der Waals surface area contributed by atoms with Gasteiger partial charge in [0.25, 0.3) is 0 Å². The molecule has 1 amide bonds. The molecule has 0 aliphatic carbocycles. The molecule has 0 saturated carbocycles. The number of rotatable bonds is 15. The van der Waals surface area contributed by atoms with Gasteiger partial charge in [-0.2, -0.15) is 0 Å². The first-order chi connectivity index (χ1) is 19.0. The van der Waals surface area contributed by atoms with E-state index in [4.69, 9.17) is 14.2 Å². The molecule has 0 saturated heterocycles. The summed E-state index contributed by atoms with van der Waals surface area (Å²) in [5.74, 6) is -0.652. The zero-order valence-electron chi connectivity index (χ0n) is 25.0. The van der Waals surface area contributed by atoms with Crippen LogP contribution in [0.5, 0.6) is 0 Å². The molecular weight excluding hydrogens is 508 g/mol. The number of ether oxygens (including phenoxy) is 3. The Bertz CT molecular complexity index is 995. The molecule has 220 valence electrons. The summed E-state index contributed by atoms with van der Waals surface area (Å²) < 4.78 is 14.9. The first-order valence-corrected chi connectivity index (χ1v) is 14.1. The maximum Gasteiger partial charge on any atom is 0.407 e. The number of esters is 2. The van der Waals surface area contributed by atoms with Gasteiger partial charge in [0.15, 0.2) is 0 Å². The summed E-state index contributed by atoms with van der Waals surface area (Å²) >= 11 is 0. The SMILES string of the molecule is COC(=O)c1ccc(CCCN(CCCc2ccc(C(=O)OC)cc2)CCCC(C)NC(=O)OC(C)(C)C)cc1. The van der Waals surface area contributed by atoms with Crippen molar-refractivity contribution in [3.05, 3.63) is 70.8 Å². The topological polar surface area (TPSA) is 94.2 Å². The minimum Gasteiger partial charge on any atom is -0.465 e. The fraction of sp³-hybridized carbons (Fsp3) is 0.531. The van der Waals surface area contributed by atoms with Gasteiger partial charge in [-0.25, -0.2) is 14.4 Å². The normalized spacial score (nSPS) is 12.1. The number of amides is 1. The van der Waals surface area contributed by atoms with Crippen LogP contribution in [0.15, 0.2) is 48.5 Å². The van der Waals surface area contributed by atoms with Gasteiger partial charge in [-0.3, -0.25) is 0 Å². The molecular formula is C32H46N2O6. The van der Waals surface area contributed by atoms with E-state index in [2.05, 4.69) is 10.2 Å². The Morgan fingerprint density at radius 2 is 1.18 bits per heavy atom. The number of nitrogens with zero attached hydrogens (tertiary/aromatic N) is 1. The van der Waals surface area contributed by atoms with Crippen molar-refractivity contribution in [3.8, 4) is 0 Å². The van der Waals surface area contributed by atoms with Crippen LogP contribution in [0, 0.1) is 0 Å². The van der Waals surface area contributed by atoms with E-state index < -0.39 is 5.60 Å². The van der Waals surface area contributed by atoms with Gasteiger partial charge in [0, 0.05) is 6.04 Å². The van der Waals surface area contributed by atoms with Gasteiger partial charge >= 0.3 is 18.0 Å². The second-order valence-corrected chi connectivity index (χ2v) is 11.1. The molecule has 0 fully saturated rings. The average molecular weight is 555 g/mol. The number of methoxy groups -OCH3 is 2. The second kappa shape index (κ2) is 16.7. The number of hydrogen-bond donors (Lipinski definition) is 1. The molecule has 1 N–H and O–H groups in total. The number of alkyl carbamates (subject to hydrolysis) is 1. The quantitative estimate of drug-likeness (QED) is 0.219. The third-order valence-corrected chi connectivity index (χ3v) is 6.50. The number of carbonyl (C=O) groups excluding carboxylic acids is 3. The van der Waals surface area contributed by atoms with Crippen molar-refractivity contribution < 1.29 is 28.6 Å². The van der Waals surface area contributed by atoms with Crippen molar-refractivity contribution in [3.63, 3.8) is 0 Å². The predicted molar refractivity (Wildman–Crippen MR) is 157 cm³/mol. The fourth-order valence-electron chi connectivity index (χ4n) is 4.40. The summed E-state index contributed by atoms with van der Waals surface area (Å²) in [6.45, 7) is 10.4. The van der Waals surface area contributed by atoms with Crippen LogP contribution in [-0.2, 0) is 27.1 Å². The van der Waals surface area contributed by atoms with Crippen molar-refractivity contribution in [1.29, 1.82) is 0 Å². The molecule has 0 radical (unpaired) electrons. The van der Waals surface area contributed by atoms with Crippen molar-refractivity contribution in [2.75, 3.05) is 33.9 Å². The Balaban J connectivity index is 1.87. The Kier molecular flexibility index (Phi) is 13.7. The van der Waals surface area contributed by atoms with Gasteiger partial charge in [0.2, 0.25) is 0 Å². The number of carbonyl (C=O) groups is 3. The summed E-state index contributed by atoms with van der Waals surface area (Å²) in [6.07, 6.45) is 5.27. The summed E-state index contributed by atoms with van der Waals surface area (Å²) in [5, 5.41) is 2.93. The molecule has 2 aromatic rings. The maximum absolute atomic E-state index is 12.1.